The van der Waals surface area contributed by atoms with E-state index >= 15 is 0 Å². The molecule has 0 saturated carbocycles. The molecule has 22 heavy (non-hydrogen) atoms. The third kappa shape index (κ3) is 6.85. The van der Waals surface area contributed by atoms with Gasteiger partial charge < -0.3 is 10.2 Å². The number of carboxylic acid groups (broad SMARTS) is 1. The number of aliphatic hydroxyl groups excluding tert-OH is 1. The Morgan fingerprint density at radius 2 is 2.05 bits per heavy atom. The lowest BCUT2D eigenvalue weighted by Crippen LogP contribution is -2.00. The summed E-state index contributed by atoms with van der Waals surface area (Å²) in [6.07, 6.45) is 11.9. The molecule has 1 atom stereocenters. The number of carbonyl (C=O) groups excluding carboxylic acids is 1. The van der Waals surface area contributed by atoms with Crippen molar-refractivity contribution in [1.82, 2.24) is 0 Å². The summed E-state index contributed by atoms with van der Waals surface area (Å²) in [4.78, 5) is 22.4. The molecule has 0 saturated heterocycles. The van der Waals surface area contributed by atoms with Gasteiger partial charge in [-0.2, -0.15) is 0 Å². The van der Waals surface area contributed by atoms with Gasteiger partial charge in [-0.3, -0.25) is 9.59 Å². The van der Waals surface area contributed by atoms with Crippen LogP contribution in [-0.2, 0) is 9.59 Å². The molecule has 0 heterocycles. The molecule has 0 amide bonds. The Morgan fingerprint density at radius 1 is 1.27 bits per heavy atom. The summed E-state index contributed by atoms with van der Waals surface area (Å²) in [5.41, 5.74) is 1.82. The second-order valence-corrected chi connectivity index (χ2v) is 5.57. The van der Waals surface area contributed by atoms with Gasteiger partial charge in [0.15, 0.2) is 5.78 Å². The average Bonchev–Trinajstić information content (AvgIpc) is 2.82. The molecule has 2 N–H and O–H groups in total. The molecule has 0 unspecified atom stereocenters. The summed E-state index contributed by atoms with van der Waals surface area (Å²) < 4.78 is 0. The van der Waals surface area contributed by atoms with Gasteiger partial charge >= 0.3 is 5.97 Å². The number of aliphatic carboxylic acids is 1. The summed E-state index contributed by atoms with van der Waals surface area (Å²) in [7, 11) is 0. The van der Waals surface area contributed by atoms with E-state index in [4.69, 9.17) is 5.11 Å². The Morgan fingerprint density at radius 3 is 2.73 bits per heavy atom. The van der Waals surface area contributed by atoms with Gasteiger partial charge in [0.1, 0.15) is 0 Å². The quantitative estimate of drug-likeness (QED) is 0.478. The van der Waals surface area contributed by atoms with Crippen LogP contribution in [0.4, 0.5) is 0 Å². The molecule has 122 valence electrons. The van der Waals surface area contributed by atoms with E-state index in [2.05, 4.69) is 0 Å². The number of unbranched alkanes of at least 4 members (excludes halogenated alkanes) is 1. The zero-order valence-corrected chi connectivity index (χ0v) is 13.3. The zero-order chi connectivity index (χ0) is 16.4. The van der Waals surface area contributed by atoms with E-state index in [1.807, 2.05) is 25.2 Å². The van der Waals surface area contributed by atoms with Crippen LogP contribution in [0.1, 0.15) is 58.3 Å². The topological polar surface area (TPSA) is 74.6 Å². The van der Waals surface area contributed by atoms with Crippen molar-refractivity contribution in [2.24, 2.45) is 0 Å². The SMILES string of the molecule is CC/C=C\C[C@H](O)/C=C/C1=C(CCCCC(=O)O)C(=O)CC1. The highest BCUT2D eigenvalue weighted by Crippen LogP contribution is 2.28. The predicted octanol–water partition coefficient (Wildman–Crippen LogP) is 3.56. The highest BCUT2D eigenvalue weighted by Gasteiger charge is 2.20. The Kier molecular flexibility index (Phi) is 8.44. The Hall–Kier alpha value is -1.68. The molecular formula is C18H26O4. The van der Waals surface area contributed by atoms with Crippen molar-refractivity contribution in [2.45, 2.75) is 64.4 Å². The normalized spacial score (nSPS) is 17.1. The number of aliphatic hydroxyl groups is 1. The molecule has 0 spiro atoms. The predicted molar refractivity (Wildman–Crippen MR) is 86.6 cm³/mol. The molecule has 0 fully saturated rings. The minimum Gasteiger partial charge on any atom is -0.481 e. The second-order valence-electron chi connectivity index (χ2n) is 5.57. The Bertz CT molecular complexity index is 471. The van der Waals surface area contributed by atoms with Gasteiger partial charge in [0.25, 0.3) is 0 Å². The average molecular weight is 306 g/mol. The first-order valence-electron chi connectivity index (χ1n) is 8.02. The number of allylic oxidation sites excluding steroid dienone is 4. The molecule has 4 nitrogen and oxygen atoms in total. The number of carbonyl (C=O) groups is 2. The standard InChI is InChI=1S/C18H26O4/c1-2-3-4-7-15(19)12-10-14-11-13-17(20)16(14)8-5-6-9-18(21)22/h3-4,10,12,15,19H,2,5-9,11,13H2,1H3,(H,21,22)/b4-3-,12-10+/t15-/m0/s1. The fourth-order valence-electron chi connectivity index (χ4n) is 2.50. The molecule has 0 aliphatic heterocycles. The summed E-state index contributed by atoms with van der Waals surface area (Å²) in [6, 6.07) is 0. The first-order chi connectivity index (χ1) is 10.5. The lowest BCUT2D eigenvalue weighted by Gasteiger charge is -2.04. The molecule has 4 heteroatoms. The summed E-state index contributed by atoms with van der Waals surface area (Å²) in [5.74, 6) is -0.634. The monoisotopic (exact) mass is 306 g/mol. The highest BCUT2D eigenvalue weighted by molar-refractivity contribution is 5.99. The van der Waals surface area contributed by atoms with Crippen molar-refractivity contribution in [2.75, 3.05) is 0 Å². The van der Waals surface area contributed by atoms with Crippen LogP contribution in [0.15, 0.2) is 35.5 Å². The van der Waals surface area contributed by atoms with E-state index in [1.165, 1.54) is 0 Å². The highest BCUT2D eigenvalue weighted by atomic mass is 16.4. The maximum absolute atomic E-state index is 11.9. The molecule has 0 aromatic rings. The third-order valence-corrected chi connectivity index (χ3v) is 3.71. The van der Waals surface area contributed by atoms with Crippen LogP contribution in [0.2, 0.25) is 0 Å². The van der Waals surface area contributed by atoms with E-state index in [-0.39, 0.29) is 12.2 Å². The lowest BCUT2D eigenvalue weighted by atomic mass is 10.0. The van der Waals surface area contributed by atoms with Crippen LogP contribution in [0.25, 0.3) is 0 Å². The number of hydrogen-bond donors (Lipinski definition) is 2. The van der Waals surface area contributed by atoms with Crippen molar-refractivity contribution < 1.29 is 19.8 Å². The summed E-state index contributed by atoms with van der Waals surface area (Å²) in [5, 5.41) is 18.5. The molecular weight excluding hydrogens is 280 g/mol. The molecule has 0 aromatic carbocycles. The van der Waals surface area contributed by atoms with Crippen molar-refractivity contribution in [3.8, 4) is 0 Å². The van der Waals surface area contributed by atoms with Gasteiger partial charge in [-0.15, -0.1) is 0 Å². The van der Waals surface area contributed by atoms with Crippen molar-refractivity contribution in [3.63, 3.8) is 0 Å². The zero-order valence-electron chi connectivity index (χ0n) is 13.3. The van der Waals surface area contributed by atoms with E-state index in [0.29, 0.717) is 32.1 Å². The third-order valence-electron chi connectivity index (χ3n) is 3.71. The van der Waals surface area contributed by atoms with E-state index in [1.54, 1.807) is 6.08 Å². The van der Waals surface area contributed by atoms with Gasteiger partial charge in [-0.05, 0) is 49.7 Å². The smallest absolute Gasteiger partial charge is 0.303 e. The van der Waals surface area contributed by atoms with Crippen molar-refractivity contribution in [3.05, 3.63) is 35.5 Å². The van der Waals surface area contributed by atoms with Gasteiger partial charge in [0, 0.05) is 12.8 Å². The minimum absolute atomic E-state index is 0.148. The molecule has 1 aliphatic rings. The lowest BCUT2D eigenvalue weighted by molar-refractivity contribution is -0.137. The Balaban J connectivity index is 2.54. The largest absolute Gasteiger partial charge is 0.481 e. The molecule has 0 bridgehead atoms. The fraction of sp³-hybridized carbons (Fsp3) is 0.556. The number of rotatable bonds is 10. The van der Waals surface area contributed by atoms with Crippen molar-refractivity contribution in [1.29, 1.82) is 0 Å². The van der Waals surface area contributed by atoms with Crippen molar-refractivity contribution >= 4 is 11.8 Å². The number of Topliss-reactive ketones (excluding diaryl/α,β-unsaturated/α-hetero) is 1. The number of hydrogen-bond acceptors (Lipinski definition) is 3. The molecule has 1 rings (SSSR count). The van der Waals surface area contributed by atoms with Gasteiger partial charge in [-0.25, -0.2) is 0 Å². The summed E-state index contributed by atoms with van der Waals surface area (Å²) in [6.45, 7) is 2.05. The molecule has 0 radical (unpaired) electrons. The van der Waals surface area contributed by atoms with Gasteiger partial charge in [0.2, 0.25) is 0 Å². The van der Waals surface area contributed by atoms with Crippen LogP contribution < -0.4 is 0 Å². The fourth-order valence-corrected chi connectivity index (χ4v) is 2.50. The van der Waals surface area contributed by atoms with Crippen LogP contribution >= 0.6 is 0 Å². The first-order valence-corrected chi connectivity index (χ1v) is 8.02. The maximum atomic E-state index is 11.9. The second kappa shape index (κ2) is 10.1. The molecule has 1 aliphatic carbocycles. The van der Waals surface area contributed by atoms with Crippen LogP contribution in [0, 0.1) is 0 Å². The van der Waals surface area contributed by atoms with Crippen LogP contribution in [0.5, 0.6) is 0 Å². The minimum atomic E-state index is -0.796. The molecule has 0 aromatic heterocycles. The van der Waals surface area contributed by atoms with Crippen LogP contribution in [0.3, 0.4) is 0 Å². The van der Waals surface area contributed by atoms with E-state index in [0.717, 1.165) is 24.0 Å². The summed E-state index contributed by atoms with van der Waals surface area (Å²) >= 11 is 0. The van der Waals surface area contributed by atoms with Gasteiger partial charge in [0.05, 0.1) is 6.10 Å². The van der Waals surface area contributed by atoms with Crippen LogP contribution in [-0.4, -0.2) is 28.1 Å². The first kappa shape index (κ1) is 18.4. The van der Waals surface area contributed by atoms with E-state index < -0.39 is 12.1 Å². The Labute approximate surface area is 132 Å². The maximum Gasteiger partial charge on any atom is 0.303 e. The van der Waals surface area contributed by atoms with E-state index in [9.17, 15) is 14.7 Å². The number of ketones is 1. The number of carboxylic acids is 1. The van der Waals surface area contributed by atoms with Gasteiger partial charge in [-0.1, -0.05) is 31.2 Å².